The molecule has 182 valence electrons. The maximum absolute atomic E-state index is 13.6. The van der Waals surface area contributed by atoms with Crippen LogP contribution in [0.3, 0.4) is 0 Å². The molecule has 4 aromatic rings. The average molecular weight is 495 g/mol. The SMILES string of the molecule is C=C/C(=C\CC)n1c(C2CCCN2c2ncnc3nc[nH]c(=O)c23)nn2ccc(Cl)c2c1=O.CC. The Hall–Kier alpha value is -3.79. The zero-order valence-electron chi connectivity index (χ0n) is 19.9. The lowest BCUT2D eigenvalue weighted by Crippen LogP contribution is -2.34. The van der Waals surface area contributed by atoms with E-state index >= 15 is 0 Å². The summed E-state index contributed by atoms with van der Waals surface area (Å²) in [6.07, 6.45) is 10.2. The number of allylic oxidation sites excluding steroid dienone is 3. The molecule has 4 aromatic heterocycles. The molecule has 11 heteroatoms. The molecule has 0 aliphatic carbocycles. The summed E-state index contributed by atoms with van der Waals surface area (Å²) >= 11 is 6.30. The third kappa shape index (κ3) is 4.14. The van der Waals surface area contributed by atoms with E-state index < -0.39 is 0 Å². The third-order valence-electron chi connectivity index (χ3n) is 5.78. The molecular formula is C24H27ClN8O2. The Morgan fingerprint density at radius 1 is 1.29 bits per heavy atom. The molecule has 1 unspecified atom stereocenters. The number of hydrogen-bond donors (Lipinski definition) is 1. The molecule has 1 atom stereocenters. The molecule has 0 amide bonds. The summed E-state index contributed by atoms with van der Waals surface area (Å²) in [4.78, 5) is 43.5. The number of rotatable bonds is 5. The number of nitrogens with zero attached hydrogens (tertiary/aromatic N) is 7. The van der Waals surface area contributed by atoms with Gasteiger partial charge >= 0.3 is 0 Å². The summed E-state index contributed by atoms with van der Waals surface area (Å²) in [5, 5.41) is 5.42. The van der Waals surface area contributed by atoms with Crippen LogP contribution in [-0.2, 0) is 0 Å². The Kier molecular flexibility index (Phi) is 7.11. The van der Waals surface area contributed by atoms with Gasteiger partial charge in [0.2, 0.25) is 0 Å². The molecule has 0 radical (unpaired) electrons. The zero-order chi connectivity index (χ0) is 25.1. The molecular weight excluding hydrogens is 468 g/mol. The number of hydrogen-bond acceptors (Lipinski definition) is 7. The van der Waals surface area contributed by atoms with Gasteiger partial charge in [0.05, 0.1) is 17.4 Å². The van der Waals surface area contributed by atoms with Gasteiger partial charge in [0.15, 0.2) is 11.5 Å². The largest absolute Gasteiger partial charge is 0.345 e. The first-order valence-electron chi connectivity index (χ1n) is 11.6. The maximum Gasteiger partial charge on any atom is 0.284 e. The number of aromatic amines is 1. The van der Waals surface area contributed by atoms with Gasteiger partial charge in [-0.2, -0.15) is 5.10 Å². The zero-order valence-corrected chi connectivity index (χ0v) is 20.7. The van der Waals surface area contributed by atoms with Crippen LogP contribution in [-0.4, -0.2) is 40.7 Å². The second kappa shape index (κ2) is 10.2. The van der Waals surface area contributed by atoms with Crippen LogP contribution in [0, 0.1) is 0 Å². The van der Waals surface area contributed by atoms with Crippen LogP contribution in [0.2, 0.25) is 5.02 Å². The highest BCUT2D eigenvalue weighted by atomic mass is 35.5. The van der Waals surface area contributed by atoms with Crippen molar-refractivity contribution in [2.45, 2.75) is 46.1 Å². The predicted octanol–water partition coefficient (Wildman–Crippen LogP) is 3.98. The molecule has 1 fully saturated rings. The van der Waals surface area contributed by atoms with Crippen LogP contribution in [0.4, 0.5) is 5.82 Å². The van der Waals surface area contributed by atoms with Crippen LogP contribution >= 0.6 is 11.6 Å². The molecule has 1 saturated heterocycles. The average Bonchev–Trinajstić information content (AvgIpc) is 3.51. The van der Waals surface area contributed by atoms with Crippen LogP contribution in [0.5, 0.6) is 0 Å². The van der Waals surface area contributed by atoms with Crippen molar-refractivity contribution in [1.29, 1.82) is 0 Å². The van der Waals surface area contributed by atoms with Crippen LogP contribution < -0.4 is 16.0 Å². The first kappa shape index (κ1) is 24.3. The second-order valence-electron chi connectivity index (χ2n) is 7.68. The van der Waals surface area contributed by atoms with Crippen molar-refractivity contribution < 1.29 is 0 Å². The van der Waals surface area contributed by atoms with Gasteiger partial charge in [-0.05, 0) is 31.4 Å². The first-order chi connectivity index (χ1) is 17.0. The van der Waals surface area contributed by atoms with E-state index in [1.807, 2.05) is 31.7 Å². The molecule has 10 nitrogen and oxygen atoms in total. The van der Waals surface area contributed by atoms with E-state index in [1.165, 1.54) is 17.2 Å². The molecule has 0 saturated carbocycles. The fourth-order valence-electron chi connectivity index (χ4n) is 4.39. The van der Waals surface area contributed by atoms with Gasteiger partial charge in [-0.3, -0.25) is 14.2 Å². The minimum absolute atomic E-state index is 0.284. The van der Waals surface area contributed by atoms with Crippen LogP contribution in [0.1, 0.15) is 51.9 Å². The first-order valence-corrected chi connectivity index (χ1v) is 12.0. The summed E-state index contributed by atoms with van der Waals surface area (Å²) in [7, 11) is 0. The molecule has 5 heterocycles. The molecule has 35 heavy (non-hydrogen) atoms. The number of H-pyrrole nitrogens is 1. The van der Waals surface area contributed by atoms with E-state index in [4.69, 9.17) is 16.7 Å². The van der Waals surface area contributed by atoms with Crippen LogP contribution in [0.25, 0.3) is 22.2 Å². The minimum Gasteiger partial charge on any atom is -0.345 e. The van der Waals surface area contributed by atoms with E-state index in [0.717, 1.165) is 6.42 Å². The van der Waals surface area contributed by atoms with Crippen molar-refractivity contribution in [3.63, 3.8) is 0 Å². The molecule has 1 aliphatic rings. The lowest BCUT2D eigenvalue weighted by molar-refractivity contribution is 0.606. The summed E-state index contributed by atoms with van der Waals surface area (Å²) < 4.78 is 3.07. The van der Waals surface area contributed by atoms with E-state index in [0.29, 0.717) is 58.3 Å². The van der Waals surface area contributed by atoms with Crippen molar-refractivity contribution in [3.05, 3.63) is 75.2 Å². The molecule has 0 bridgehead atoms. The van der Waals surface area contributed by atoms with Gasteiger partial charge in [0.25, 0.3) is 11.1 Å². The molecule has 5 rings (SSSR count). The molecule has 0 spiro atoms. The van der Waals surface area contributed by atoms with Crippen molar-refractivity contribution >= 4 is 39.7 Å². The van der Waals surface area contributed by atoms with E-state index in [1.54, 1.807) is 22.9 Å². The number of halogens is 1. The van der Waals surface area contributed by atoms with Crippen molar-refractivity contribution in [2.24, 2.45) is 0 Å². The van der Waals surface area contributed by atoms with Gasteiger partial charge in [0, 0.05) is 18.4 Å². The highest BCUT2D eigenvalue weighted by Gasteiger charge is 2.34. The summed E-state index contributed by atoms with van der Waals surface area (Å²) in [6.45, 7) is 10.5. The summed E-state index contributed by atoms with van der Waals surface area (Å²) in [5.74, 6) is 0.979. The summed E-state index contributed by atoms with van der Waals surface area (Å²) in [6, 6.07) is 1.33. The Labute approximate surface area is 206 Å². The standard InChI is InChI=1S/C22H21ClN8O2.C2H6/c1-3-6-13(4-2)31-19(28-30-10-8-14(23)17(30)22(31)33)15-7-5-9-29(15)20-16-18(24-11-26-20)25-12-27-21(16)32;1-2/h4,6,8,10-12,15H,2-3,5,7,9H2,1H3,(H,24,25,26,27,32);1-2H3/b13-6+;. The Morgan fingerprint density at radius 3 is 2.83 bits per heavy atom. The van der Waals surface area contributed by atoms with Gasteiger partial charge < -0.3 is 9.88 Å². The lowest BCUT2D eigenvalue weighted by atomic mass is 10.2. The van der Waals surface area contributed by atoms with Crippen molar-refractivity contribution in [1.82, 2.24) is 34.1 Å². The Bertz CT molecular complexity index is 1530. The number of anilines is 1. The van der Waals surface area contributed by atoms with Gasteiger partial charge in [0.1, 0.15) is 23.0 Å². The molecule has 1 aliphatic heterocycles. The quantitative estimate of drug-likeness (QED) is 0.417. The van der Waals surface area contributed by atoms with E-state index in [9.17, 15) is 9.59 Å². The molecule has 0 aromatic carbocycles. The van der Waals surface area contributed by atoms with Crippen LogP contribution in [0.15, 0.2) is 53.2 Å². The fraction of sp³-hybridized carbons (Fsp3) is 0.333. The minimum atomic E-state index is -0.322. The number of fused-ring (bicyclic) bond motifs is 2. The van der Waals surface area contributed by atoms with Gasteiger partial charge in [-0.15, -0.1) is 0 Å². The number of nitrogens with one attached hydrogen (secondary N) is 1. The number of aromatic nitrogens is 7. The van der Waals surface area contributed by atoms with Crippen molar-refractivity contribution in [3.8, 4) is 0 Å². The maximum atomic E-state index is 13.6. The summed E-state index contributed by atoms with van der Waals surface area (Å²) in [5.41, 5.74) is 0.626. The second-order valence-corrected chi connectivity index (χ2v) is 8.08. The smallest absolute Gasteiger partial charge is 0.284 e. The lowest BCUT2D eigenvalue weighted by Gasteiger charge is -2.27. The van der Waals surface area contributed by atoms with E-state index in [2.05, 4.69) is 26.5 Å². The van der Waals surface area contributed by atoms with Gasteiger partial charge in [-0.25, -0.2) is 19.5 Å². The van der Waals surface area contributed by atoms with E-state index in [-0.39, 0.29) is 17.2 Å². The van der Waals surface area contributed by atoms with Gasteiger partial charge in [-0.1, -0.05) is 45.0 Å². The van der Waals surface area contributed by atoms with Crippen molar-refractivity contribution in [2.75, 3.05) is 11.4 Å². The highest BCUT2D eigenvalue weighted by Crippen LogP contribution is 2.36. The Balaban J connectivity index is 0.00000141. The topological polar surface area (TPSA) is 114 Å². The monoisotopic (exact) mass is 494 g/mol. The molecule has 1 N–H and O–H groups in total. The fourth-order valence-corrected chi connectivity index (χ4v) is 4.61. The predicted molar refractivity (Wildman–Crippen MR) is 138 cm³/mol. The Morgan fingerprint density at radius 2 is 2.09 bits per heavy atom. The third-order valence-corrected chi connectivity index (χ3v) is 6.09. The normalized spacial score (nSPS) is 15.9. The highest BCUT2D eigenvalue weighted by molar-refractivity contribution is 6.33.